The molecule has 1 N–H and O–H groups in total. The average molecular weight is 449 g/mol. The first kappa shape index (κ1) is 22.2. The second kappa shape index (κ2) is 8.86. The molecule has 1 aliphatic rings. The van der Waals surface area contributed by atoms with Crippen molar-refractivity contribution in [2.45, 2.75) is 19.5 Å². The lowest BCUT2D eigenvalue weighted by Crippen LogP contribution is -2.29. The van der Waals surface area contributed by atoms with E-state index in [0.717, 1.165) is 11.6 Å². The smallest absolute Gasteiger partial charge is 0.295 e. The Hall–Kier alpha value is -4.00. The topological polar surface area (TPSA) is 66.8 Å². The van der Waals surface area contributed by atoms with E-state index < -0.39 is 35.1 Å². The number of ketones is 1. The van der Waals surface area contributed by atoms with E-state index in [1.165, 1.54) is 48.4 Å². The van der Waals surface area contributed by atoms with Gasteiger partial charge in [-0.15, -0.1) is 0 Å². The Balaban J connectivity index is 1.90. The number of aryl methyl sites for hydroxylation is 1. The maximum Gasteiger partial charge on any atom is 0.295 e. The van der Waals surface area contributed by atoms with Crippen LogP contribution in [0.3, 0.4) is 0 Å². The molecule has 168 valence electrons. The summed E-state index contributed by atoms with van der Waals surface area (Å²) < 4.78 is 32.6. The number of halogens is 2. The van der Waals surface area contributed by atoms with Crippen LogP contribution in [0.4, 0.5) is 8.78 Å². The molecule has 1 aliphatic heterocycles. The summed E-state index contributed by atoms with van der Waals surface area (Å²) >= 11 is 0. The minimum absolute atomic E-state index is 0.0144. The van der Waals surface area contributed by atoms with Crippen LogP contribution in [0, 0.1) is 18.6 Å². The molecule has 1 heterocycles. The number of rotatable bonds is 5. The molecule has 0 saturated carbocycles. The number of methoxy groups -OCH3 is 1. The van der Waals surface area contributed by atoms with Crippen LogP contribution in [0.25, 0.3) is 5.76 Å². The highest BCUT2D eigenvalue weighted by Gasteiger charge is 2.46. The maximum absolute atomic E-state index is 14.0. The van der Waals surface area contributed by atoms with Gasteiger partial charge in [0.2, 0.25) is 0 Å². The predicted octanol–water partition coefficient (Wildman–Crippen LogP) is 4.90. The molecule has 0 bridgehead atoms. The van der Waals surface area contributed by atoms with Crippen LogP contribution < -0.4 is 4.74 Å². The third kappa shape index (κ3) is 4.22. The Kier molecular flexibility index (Phi) is 5.96. The number of likely N-dealkylation sites (tertiary alicyclic amines) is 1. The van der Waals surface area contributed by atoms with Gasteiger partial charge in [-0.2, -0.15) is 0 Å². The van der Waals surface area contributed by atoms with Crippen molar-refractivity contribution in [1.82, 2.24) is 4.90 Å². The van der Waals surface area contributed by atoms with Gasteiger partial charge in [-0.25, -0.2) is 8.78 Å². The van der Waals surface area contributed by atoms with Gasteiger partial charge in [-0.1, -0.05) is 42.0 Å². The summed E-state index contributed by atoms with van der Waals surface area (Å²) in [6, 6.07) is 15.4. The lowest BCUT2D eigenvalue weighted by Gasteiger charge is -2.26. The molecule has 3 aromatic rings. The van der Waals surface area contributed by atoms with E-state index in [1.54, 1.807) is 12.1 Å². The Labute approximate surface area is 189 Å². The highest BCUT2D eigenvalue weighted by molar-refractivity contribution is 6.46. The highest BCUT2D eigenvalue weighted by Crippen LogP contribution is 2.42. The van der Waals surface area contributed by atoms with Crippen molar-refractivity contribution >= 4 is 17.4 Å². The van der Waals surface area contributed by atoms with Crippen LogP contribution in [0.1, 0.15) is 28.3 Å². The lowest BCUT2D eigenvalue weighted by atomic mass is 9.94. The largest absolute Gasteiger partial charge is 0.507 e. The van der Waals surface area contributed by atoms with Gasteiger partial charge in [0, 0.05) is 6.54 Å². The third-order valence-electron chi connectivity index (χ3n) is 5.58. The van der Waals surface area contributed by atoms with Crippen molar-refractivity contribution in [3.8, 4) is 5.75 Å². The zero-order chi connectivity index (χ0) is 23.7. The second-order valence-corrected chi connectivity index (χ2v) is 7.81. The minimum Gasteiger partial charge on any atom is -0.507 e. The van der Waals surface area contributed by atoms with E-state index >= 15 is 0 Å². The summed E-state index contributed by atoms with van der Waals surface area (Å²) in [6.07, 6.45) is 0. The van der Waals surface area contributed by atoms with Crippen molar-refractivity contribution in [2.75, 3.05) is 7.11 Å². The van der Waals surface area contributed by atoms with Gasteiger partial charge >= 0.3 is 0 Å². The fraction of sp³-hybridized carbons (Fsp3) is 0.154. The van der Waals surface area contributed by atoms with Gasteiger partial charge in [0.15, 0.2) is 0 Å². The number of carbonyl (C=O) groups excluding carboxylic acids is 2. The first-order valence-corrected chi connectivity index (χ1v) is 10.2. The Morgan fingerprint density at radius 2 is 1.70 bits per heavy atom. The summed E-state index contributed by atoms with van der Waals surface area (Å²) in [5, 5.41) is 11.1. The Morgan fingerprint density at radius 1 is 1.00 bits per heavy atom. The molecule has 4 rings (SSSR count). The number of hydrogen-bond acceptors (Lipinski definition) is 4. The van der Waals surface area contributed by atoms with Crippen molar-refractivity contribution in [2.24, 2.45) is 0 Å². The van der Waals surface area contributed by atoms with Gasteiger partial charge in [0.05, 0.1) is 24.3 Å². The third-order valence-corrected chi connectivity index (χ3v) is 5.58. The highest BCUT2D eigenvalue weighted by atomic mass is 19.1. The predicted molar refractivity (Wildman–Crippen MR) is 118 cm³/mol. The van der Waals surface area contributed by atoms with Crippen molar-refractivity contribution in [1.29, 1.82) is 0 Å². The van der Waals surface area contributed by atoms with Gasteiger partial charge in [0.25, 0.3) is 11.7 Å². The fourth-order valence-electron chi connectivity index (χ4n) is 4.03. The van der Waals surface area contributed by atoms with Crippen LogP contribution in [0.5, 0.6) is 5.75 Å². The summed E-state index contributed by atoms with van der Waals surface area (Å²) in [6.45, 7) is 1.88. The molecule has 0 spiro atoms. The van der Waals surface area contributed by atoms with E-state index in [9.17, 15) is 23.5 Å². The molecule has 1 saturated heterocycles. The zero-order valence-electron chi connectivity index (χ0n) is 18.0. The van der Waals surface area contributed by atoms with Crippen LogP contribution in [-0.4, -0.2) is 28.8 Å². The molecular weight excluding hydrogens is 428 g/mol. The van der Waals surface area contributed by atoms with E-state index in [0.29, 0.717) is 11.1 Å². The van der Waals surface area contributed by atoms with Crippen LogP contribution in [-0.2, 0) is 16.1 Å². The van der Waals surface area contributed by atoms with Gasteiger partial charge in [0.1, 0.15) is 23.1 Å². The van der Waals surface area contributed by atoms with Gasteiger partial charge in [-0.05, 0) is 48.4 Å². The standard InChI is InChI=1S/C26H21F2NO4/c1-15-4-3-5-17(12-15)23-22(24(30)20-13-19(28)10-11-21(20)33-2)25(31)26(32)29(23)14-16-6-8-18(27)9-7-16/h3-13,23,30H,14H2,1-2H3/b24-22+. The van der Waals surface area contributed by atoms with Gasteiger partial charge in [-0.3, -0.25) is 9.59 Å². The van der Waals surface area contributed by atoms with E-state index in [2.05, 4.69) is 0 Å². The molecule has 0 aliphatic carbocycles. The molecule has 0 aromatic heterocycles. The number of ether oxygens (including phenoxy) is 1. The zero-order valence-corrected chi connectivity index (χ0v) is 18.0. The maximum atomic E-state index is 14.0. The number of aliphatic hydroxyl groups is 1. The quantitative estimate of drug-likeness (QED) is 0.342. The summed E-state index contributed by atoms with van der Waals surface area (Å²) in [5.41, 5.74) is 1.90. The van der Waals surface area contributed by atoms with E-state index in [-0.39, 0.29) is 23.4 Å². The molecule has 0 radical (unpaired) electrons. The SMILES string of the molecule is COc1ccc(F)cc1/C(O)=C1\C(=O)C(=O)N(Cc2ccc(F)cc2)C1c1cccc(C)c1. The van der Waals surface area contributed by atoms with Crippen molar-refractivity contribution in [3.63, 3.8) is 0 Å². The minimum atomic E-state index is -0.928. The van der Waals surface area contributed by atoms with Crippen LogP contribution in [0.2, 0.25) is 0 Å². The number of hydrogen-bond donors (Lipinski definition) is 1. The fourth-order valence-corrected chi connectivity index (χ4v) is 4.03. The van der Waals surface area contributed by atoms with Gasteiger partial charge < -0.3 is 14.7 Å². The molecule has 7 heteroatoms. The molecular formula is C26H21F2NO4. The van der Waals surface area contributed by atoms with Crippen LogP contribution in [0.15, 0.2) is 72.3 Å². The number of amides is 1. The Morgan fingerprint density at radius 3 is 2.36 bits per heavy atom. The molecule has 1 unspecified atom stereocenters. The number of nitrogens with zero attached hydrogens (tertiary/aromatic N) is 1. The number of Topliss-reactive ketones (excluding diaryl/α,β-unsaturated/α-hetero) is 1. The molecule has 1 fully saturated rings. The van der Waals surface area contributed by atoms with Crippen molar-refractivity contribution < 1.29 is 28.2 Å². The first-order valence-electron chi connectivity index (χ1n) is 10.2. The first-order chi connectivity index (χ1) is 15.8. The second-order valence-electron chi connectivity index (χ2n) is 7.81. The van der Waals surface area contributed by atoms with Crippen molar-refractivity contribution in [3.05, 3.63) is 106 Å². The molecule has 1 amide bonds. The normalized spacial score (nSPS) is 17.5. The van der Waals surface area contributed by atoms with E-state index in [1.807, 2.05) is 19.1 Å². The summed E-state index contributed by atoms with van der Waals surface area (Å²) in [7, 11) is 1.36. The average Bonchev–Trinajstić information content (AvgIpc) is 3.05. The monoisotopic (exact) mass is 449 g/mol. The summed E-state index contributed by atoms with van der Waals surface area (Å²) in [4.78, 5) is 27.5. The number of aliphatic hydroxyl groups excluding tert-OH is 1. The number of carbonyl (C=O) groups is 2. The number of benzene rings is 3. The van der Waals surface area contributed by atoms with Crippen LogP contribution >= 0.6 is 0 Å². The molecule has 5 nitrogen and oxygen atoms in total. The molecule has 33 heavy (non-hydrogen) atoms. The molecule has 1 atom stereocenters. The Bertz CT molecular complexity index is 1270. The van der Waals surface area contributed by atoms with E-state index in [4.69, 9.17) is 4.74 Å². The lowest BCUT2D eigenvalue weighted by molar-refractivity contribution is -0.140. The molecule has 3 aromatic carbocycles. The summed E-state index contributed by atoms with van der Waals surface area (Å²) in [5.74, 6) is -3.14.